The van der Waals surface area contributed by atoms with E-state index < -0.39 is 4.92 Å². The Morgan fingerprint density at radius 3 is 2.46 bits per heavy atom. The lowest BCUT2D eigenvalue weighted by Crippen LogP contribution is -2.41. The van der Waals surface area contributed by atoms with Crippen molar-refractivity contribution in [2.24, 2.45) is 0 Å². The van der Waals surface area contributed by atoms with E-state index in [2.05, 4.69) is 4.90 Å². The average Bonchev–Trinajstić information content (AvgIpc) is 3.11. The number of carbonyl (C=O) groups is 1. The normalized spacial score (nSPS) is 22.5. The summed E-state index contributed by atoms with van der Waals surface area (Å²) in [6.45, 7) is 2.01. The van der Waals surface area contributed by atoms with Gasteiger partial charge in [0.05, 0.1) is 4.92 Å². The molecule has 0 bridgehead atoms. The van der Waals surface area contributed by atoms with Gasteiger partial charge in [-0.15, -0.1) is 0 Å². The van der Waals surface area contributed by atoms with E-state index in [-0.39, 0.29) is 17.6 Å². The van der Waals surface area contributed by atoms with E-state index in [1.807, 2.05) is 11.9 Å². The van der Waals surface area contributed by atoms with Crippen molar-refractivity contribution in [3.05, 3.63) is 39.9 Å². The SMILES string of the molecule is CN(C(=O)c1ccc([N+](=O)[O-])cc1)C1CCN(C2CCCCC2)C1. The highest BCUT2D eigenvalue weighted by Gasteiger charge is 2.32. The molecule has 1 atom stereocenters. The van der Waals surface area contributed by atoms with Crippen LogP contribution in [0.25, 0.3) is 0 Å². The highest BCUT2D eigenvalue weighted by molar-refractivity contribution is 5.94. The molecule has 0 N–H and O–H groups in total. The third kappa shape index (κ3) is 3.59. The van der Waals surface area contributed by atoms with Crippen LogP contribution in [0, 0.1) is 10.1 Å². The van der Waals surface area contributed by atoms with Crippen molar-refractivity contribution < 1.29 is 9.72 Å². The fourth-order valence-electron chi connectivity index (χ4n) is 3.96. The minimum absolute atomic E-state index is 0.0125. The number of likely N-dealkylation sites (N-methyl/N-ethyl adjacent to an activating group) is 1. The molecule has 1 aliphatic heterocycles. The zero-order valence-electron chi connectivity index (χ0n) is 14.2. The van der Waals surface area contributed by atoms with Gasteiger partial charge in [0.15, 0.2) is 0 Å². The predicted molar refractivity (Wildman–Crippen MR) is 92.0 cm³/mol. The van der Waals surface area contributed by atoms with E-state index >= 15 is 0 Å². The Hall–Kier alpha value is -1.95. The van der Waals surface area contributed by atoms with Gasteiger partial charge < -0.3 is 4.90 Å². The molecule has 1 saturated heterocycles. The number of nitro groups is 1. The summed E-state index contributed by atoms with van der Waals surface area (Å²) in [5, 5.41) is 10.7. The molecule has 1 amide bonds. The second-order valence-corrected chi connectivity index (χ2v) is 6.95. The molecule has 1 aromatic carbocycles. The second-order valence-electron chi connectivity index (χ2n) is 6.95. The van der Waals surface area contributed by atoms with Gasteiger partial charge in [0.25, 0.3) is 11.6 Å². The maximum absolute atomic E-state index is 12.6. The number of rotatable bonds is 4. The highest BCUT2D eigenvalue weighted by Crippen LogP contribution is 2.27. The smallest absolute Gasteiger partial charge is 0.269 e. The minimum atomic E-state index is -0.447. The number of benzene rings is 1. The van der Waals surface area contributed by atoms with Crippen molar-refractivity contribution in [1.82, 2.24) is 9.80 Å². The highest BCUT2D eigenvalue weighted by atomic mass is 16.6. The van der Waals surface area contributed by atoms with Crippen LogP contribution in [-0.4, -0.2) is 52.9 Å². The maximum Gasteiger partial charge on any atom is 0.269 e. The molecular formula is C18H25N3O3. The monoisotopic (exact) mass is 331 g/mol. The van der Waals surface area contributed by atoms with Crippen molar-refractivity contribution in [2.45, 2.75) is 50.6 Å². The van der Waals surface area contributed by atoms with Crippen molar-refractivity contribution >= 4 is 11.6 Å². The zero-order valence-corrected chi connectivity index (χ0v) is 14.2. The lowest BCUT2D eigenvalue weighted by atomic mass is 9.94. The summed E-state index contributed by atoms with van der Waals surface area (Å²) in [4.78, 5) is 27.3. The zero-order chi connectivity index (χ0) is 17.1. The summed E-state index contributed by atoms with van der Waals surface area (Å²) >= 11 is 0. The molecule has 2 fully saturated rings. The van der Waals surface area contributed by atoms with Gasteiger partial charge >= 0.3 is 0 Å². The van der Waals surface area contributed by atoms with Crippen molar-refractivity contribution in [3.63, 3.8) is 0 Å². The Bertz CT molecular complexity index is 596. The molecule has 130 valence electrons. The molecule has 24 heavy (non-hydrogen) atoms. The first-order valence-electron chi connectivity index (χ1n) is 8.82. The molecule has 6 nitrogen and oxygen atoms in total. The molecule has 1 saturated carbocycles. The Balaban J connectivity index is 1.60. The summed E-state index contributed by atoms with van der Waals surface area (Å²) in [6, 6.07) is 6.80. The van der Waals surface area contributed by atoms with Gasteiger partial charge in [-0.25, -0.2) is 0 Å². The van der Waals surface area contributed by atoms with Crippen molar-refractivity contribution in [2.75, 3.05) is 20.1 Å². The van der Waals surface area contributed by atoms with Crippen LogP contribution < -0.4 is 0 Å². The number of nitrogens with zero attached hydrogens (tertiary/aromatic N) is 3. The van der Waals surface area contributed by atoms with Crippen molar-refractivity contribution in [3.8, 4) is 0 Å². The topological polar surface area (TPSA) is 66.7 Å². The van der Waals surface area contributed by atoms with Gasteiger partial charge in [-0.05, 0) is 31.4 Å². The van der Waals surface area contributed by atoms with E-state index in [1.165, 1.54) is 44.2 Å². The first kappa shape index (κ1) is 16.9. The van der Waals surface area contributed by atoms with Gasteiger partial charge in [-0.2, -0.15) is 0 Å². The van der Waals surface area contributed by atoms with Gasteiger partial charge in [0.2, 0.25) is 0 Å². The first-order chi connectivity index (χ1) is 11.6. The number of hydrogen-bond acceptors (Lipinski definition) is 4. The number of nitro benzene ring substituents is 1. The Morgan fingerprint density at radius 2 is 1.83 bits per heavy atom. The van der Waals surface area contributed by atoms with Gasteiger partial charge in [0.1, 0.15) is 0 Å². The summed E-state index contributed by atoms with van der Waals surface area (Å²) in [5.74, 6) is -0.0552. The van der Waals surface area contributed by atoms with Crippen LogP contribution in [0.1, 0.15) is 48.9 Å². The number of hydrogen-bond donors (Lipinski definition) is 0. The first-order valence-corrected chi connectivity index (χ1v) is 8.82. The molecule has 6 heteroatoms. The fraction of sp³-hybridized carbons (Fsp3) is 0.611. The molecule has 0 spiro atoms. The van der Waals surface area contributed by atoms with Crippen LogP contribution in [0.4, 0.5) is 5.69 Å². The van der Waals surface area contributed by atoms with E-state index in [0.717, 1.165) is 19.5 Å². The van der Waals surface area contributed by atoms with E-state index in [9.17, 15) is 14.9 Å². The third-order valence-electron chi connectivity index (χ3n) is 5.48. The molecule has 0 radical (unpaired) electrons. The van der Waals surface area contributed by atoms with E-state index in [4.69, 9.17) is 0 Å². The van der Waals surface area contributed by atoms with Crippen LogP contribution in [0.2, 0.25) is 0 Å². The third-order valence-corrected chi connectivity index (χ3v) is 5.48. The molecule has 1 aromatic rings. The van der Waals surface area contributed by atoms with Crippen molar-refractivity contribution in [1.29, 1.82) is 0 Å². The molecule has 2 aliphatic rings. The minimum Gasteiger partial charge on any atom is -0.337 e. The molecular weight excluding hydrogens is 306 g/mol. The van der Waals surface area contributed by atoms with Gasteiger partial charge in [0, 0.05) is 49.9 Å². The lowest BCUT2D eigenvalue weighted by Gasteiger charge is -2.32. The van der Waals surface area contributed by atoms with Crippen LogP contribution in [-0.2, 0) is 0 Å². The van der Waals surface area contributed by atoms with E-state index in [1.54, 1.807) is 12.1 Å². The number of non-ortho nitro benzene ring substituents is 1. The Kier molecular flexibility index (Phi) is 5.14. The summed E-state index contributed by atoms with van der Waals surface area (Å²) in [7, 11) is 1.85. The quantitative estimate of drug-likeness (QED) is 0.628. The largest absolute Gasteiger partial charge is 0.337 e. The van der Waals surface area contributed by atoms with Crippen LogP contribution in [0.5, 0.6) is 0 Å². The molecule has 1 heterocycles. The Morgan fingerprint density at radius 1 is 1.17 bits per heavy atom. The van der Waals surface area contributed by atoms with E-state index in [0.29, 0.717) is 11.6 Å². The summed E-state index contributed by atoms with van der Waals surface area (Å²) in [5.41, 5.74) is 0.526. The second kappa shape index (κ2) is 7.30. The van der Waals surface area contributed by atoms with Crippen LogP contribution >= 0.6 is 0 Å². The lowest BCUT2D eigenvalue weighted by molar-refractivity contribution is -0.384. The average molecular weight is 331 g/mol. The maximum atomic E-state index is 12.6. The van der Waals surface area contributed by atoms with Gasteiger partial charge in [-0.1, -0.05) is 19.3 Å². The molecule has 1 aliphatic carbocycles. The predicted octanol–water partition coefficient (Wildman–Crippen LogP) is 3.07. The fourth-order valence-corrected chi connectivity index (χ4v) is 3.96. The molecule has 3 rings (SSSR count). The van der Waals surface area contributed by atoms with Crippen LogP contribution in [0.3, 0.4) is 0 Å². The molecule has 1 unspecified atom stereocenters. The van der Waals surface area contributed by atoms with Gasteiger partial charge in [-0.3, -0.25) is 19.8 Å². The molecule has 0 aromatic heterocycles. The Labute approximate surface area is 142 Å². The number of carbonyl (C=O) groups excluding carboxylic acids is 1. The number of amides is 1. The summed E-state index contributed by atoms with van der Waals surface area (Å²) in [6.07, 6.45) is 7.57. The number of likely N-dealkylation sites (tertiary alicyclic amines) is 1. The van der Waals surface area contributed by atoms with Crippen LogP contribution in [0.15, 0.2) is 24.3 Å². The standard InChI is InChI=1S/C18H25N3O3/c1-19(18(22)14-7-9-16(10-8-14)21(23)24)17-11-12-20(13-17)15-5-3-2-4-6-15/h7-10,15,17H,2-6,11-13H2,1H3. The summed E-state index contributed by atoms with van der Waals surface area (Å²) < 4.78 is 0.